The average molecular weight is 326 g/mol. The molecular weight excluding hydrogens is 310 g/mol. The molecule has 0 spiro atoms. The molecule has 0 amide bonds. The molecule has 0 unspecified atom stereocenters. The fourth-order valence-electron chi connectivity index (χ4n) is 1.35. The summed E-state index contributed by atoms with van der Waals surface area (Å²) in [7, 11) is -0.295. The maximum Gasteiger partial charge on any atom is 0.573 e. The Bertz CT molecular complexity index is 514. The lowest BCUT2D eigenvalue weighted by Crippen LogP contribution is -2.49. The van der Waals surface area contributed by atoms with Gasteiger partial charge in [-0.05, 0) is 45.3 Å². The Labute approximate surface area is 125 Å². The molecule has 0 saturated heterocycles. The van der Waals surface area contributed by atoms with Gasteiger partial charge in [0, 0.05) is 0 Å². The van der Waals surface area contributed by atoms with Crippen molar-refractivity contribution in [2.24, 2.45) is 0 Å². The summed E-state index contributed by atoms with van der Waals surface area (Å²) >= 11 is 0. The van der Waals surface area contributed by atoms with Crippen LogP contribution in [-0.2, 0) is 4.65 Å². The predicted molar refractivity (Wildman–Crippen MR) is 71.3 cm³/mol. The first-order valence-corrected chi connectivity index (χ1v) is 6.33. The van der Waals surface area contributed by atoms with Crippen molar-refractivity contribution >= 4 is 12.9 Å². The molecule has 3 nitrogen and oxygen atoms in total. The van der Waals surface area contributed by atoms with Crippen molar-refractivity contribution in [2.45, 2.75) is 45.3 Å². The first-order chi connectivity index (χ1) is 9.73. The second kappa shape index (κ2) is 6.04. The summed E-state index contributed by atoms with van der Waals surface area (Å²) in [6.45, 7) is 6.13. The number of alkyl halides is 3. The molecule has 9 heteroatoms. The smallest absolute Gasteiger partial charge is 0.427 e. The lowest BCUT2D eigenvalue weighted by molar-refractivity contribution is -0.276. The predicted octanol–water partition coefficient (Wildman–Crippen LogP) is 2.41. The SMILES string of the molecule is CC(C)(O)C(C)(C)OBc1cc(F)c(OC(F)(F)F)c(F)c1. The van der Waals surface area contributed by atoms with E-state index >= 15 is 0 Å². The molecule has 0 aliphatic heterocycles. The molecule has 22 heavy (non-hydrogen) atoms. The fourth-order valence-corrected chi connectivity index (χ4v) is 1.35. The third kappa shape index (κ3) is 4.84. The van der Waals surface area contributed by atoms with Crippen molar-refractivity contribution in [3.05, 3.63) is 23.8 Å². The van der Waals surface area contributed by atoms with E-state index in [1.165, 1.54) is 13.8 Å². The van der Waals surface area contributed by atoms with Crippen molar-refractivity contribution < 1.29 is 36.4 Å². The van der Waals surface area contributed by atoms with Crippen LogP contribution in [0.5, 0.6) is 5.75 Å². The average Bonchev–Trinajstić information content (AvgIpc) is 2.29. The Morgan fingerprint density at radius 1 is 1.00 bits per heavy atom. The Balaban J connectivity index is 2.92. The maximum atomic E-state index is 13.5. The third-order valence-corrected chi connectivity index (χ3v) is 3.35. The van der Waals surface area contributed by atoms with Gasteiger partial charge in [-0.15, -0.1) is 13.2 Å². The van der Waals surface area contributed by atoms with Crippen LogP contribution in [0.25, 0.3) is 0 Å². The Morgan fingerprint density at radius 3 is 1.82 bits per heavy atom. The van der Waals surface area contributed by atoms with E-state index in [4.69, 9.17) is 4.65 Å². The van der Waals surface area contributed by atoms with Gasteiger partial charge >= 0.3 is 13.8 Å². The summed E-state index contributed by atoms with van der Waals surface area (Å²) < 4.78 is 71.8. The summed E-state index contributed by atoms with van der Waals surface area (Å²) in [5, 5.41) is 9.89. The fraction of sp³-hybridized carbons (Fsp3) is 0.538. The van der Waals surface area contributed by atoms with E-state index in [1.807, 2.05) is 0 Å². The molecule has 0 radical (unpaired) electrons. The molecule has 0 aliphatic rings. The van der Waals surface area contributed by atoms with E-state index in [9.17, 15) is 27.1 Å². The van der Waals surface area contributed by atoms with Gasteiger partial charge in [0.25, 0.3) is 0 Å². The first kappa shape index (κ1) is 18.7. The molecule has 0 bridgehead atoms. The molecule has 0 saturated carbocycles. The molecule has 1 aromatic carbocycles. The van der Waals surface area contributed by atoms with Crippen LogP contribution in [-0.4, -0.2) is 30.2 Å². The topological polar surface area (TPSA) is 38.7 Å². The molecule has 124 valence electrons. The van der Waals surface area contributed by atoms with Crippen molar-refractivity contribution in [2.75, 3.05) is 0 Å². The monoisotopic (exact) mass is 326 g/mol. The summed E-state index contributed by atoms with van der Waals surface area (Å²) in [5.74, 6) is -4.49. The summed E-state index contributed by atoms with van der Waals surface area (Å²) in [6, 6.07) is 1.37. The maximum absolute atomic E-state index is 13.5. The van der Waals surface area contributed by atoms with Gasteiger partial charge in [0.15, 0.2) is 11.6 Å². The zero-order valence-electron chi connectivity index (χ0n) is 12.5. The lowest BCUT2D eigenvalue weighted by atomic mass is 9.82. The molecule has 1 aromatic rings. The van der Waals surface area contributed by atoms with Gasteiger partial charge in [0.05, 0.1) is 11.2 Å². The zero-order chi connectivity index (χ0) is 17.3. The van der Waals surface area contributed by atoms with Gasteiger partial charge in [-0.3, -0.25) is 0 Å². The minimum absolute atomic E-state index is 0.0261. The standard InChI is InChI=1S/C13H16BF5O3/c1-11(2,20)12(3,4)22-14-7-5-8(15)10(9(16)6-7)21-13(17,18)19/h5-6,14,20H,1-4H3. The molecule has 1 rings (SSSR count). The van der Waals surface area contributed by atoms with Crippen molar-refractivity contribution in [1.82, 2.24) is 0 Å². The Kier molecular flexibility index (Phi) is 5.13. The normalized spacial score (nSPS) is 13.2. The number of benzene rings is 1. The van der Waals surface area contributed by atoms with Crippen molar-refractivity contribution in [1.29, 1.82) is 0 Å². The second-order valence-electron chi connectivity index (χ2n) is 5.79. The van der Waals surface area contributed by atoms with Gasteiger partial charge in [0.2, 0.25) is 5.75 Å². The zero-order valence-corrected chi connectivity index (χ0v) is 12.5. The molecule has 0 heterocycles. The largest absolute Gasteiger partial charge is 0.573 e. The van der Waals surface area contributed by atoms with Crippen LogP contribution in [0.15, 0.2) is 12.1 Å². The van der Waals surface area contributed by atoms with E-state index in [0.717, 1.165) is 0 Å². The van der Waals surface area contributed by atoms with Crippen molar-refractivity contribution in [3.8, 4) is 5.75 Å². The molecule has 0 aromatic heterocycles. The highest BCUT2D eigenvalue weighted by atomic mass is 19.4. The molecule has 1 N–H and O–H groups in total. The first-order valence-electron chi connectivity index (χ1n) is 6.33. The van der Waals surface area contributed by atoms with E-state index in [1.54, 1.807) is 13.8 Å². The quantitative estimate of drug-likeness (QED) is 0.667. The lowest BCUT2D eigenvalue weighted by Gasteiger charge is -2.37. The van der Waals surface area contributed by atoms with E-state index in [0.29, 0.717) is 12.1 Å². The van der Waals surface area contributed by atoms with Crippen LogP contribution >= 0.6 is 0 Å². The van der Waals surface area contributed by atoms with E-state index < -0.39 is 34.9 Å². The summed E-state index contributed by atoms with van der Waals surface area (Å²) in [6.07, 6.45) is -5.19. The van der Waals surface area contributed by atoms with Gasteiger partial charge in [-0.25, -0.2) is 8.78 Å². The number of hydrogen-bond acceptors (Lipinski definition) is 3. The summed E-state index contributed by atoms with van der Waals surface area (Å²) in [4.78, 5) is 0. The second-order valence-corrected chi connectivity index (χ2v) is 5.79. The van der Waals surface area contributed by atoms with Gasteiger partial charge < -0.3 is 14.5 Å². The van der Waals surface area contributed by atoms with Crippen LogP contribution in [0.3, 0.4) is 0 Å². The van der Waals surface area contributed by atoms with Crippen LogP contribution in [0.1, 0.15) is 27.7 Å². The highest BCUT2D eigenvalue weighted by molar-refractivity contribution is 6.47. The summed E-state index contributed by atoms with van der Waals surface area (Å²) in [5.41, 5.74) is -2.30. The Morgan fingerprint density at radius 2 is 1.45 bits per heavy atom. The molecule has 0 fully saturated rings. The van der Waals surface area contributed by atoms with E-state index in [-0.39, 0.29) is 12.9 Å². The van der Waals surface area contributed by atoms with Gasteiger partial charge in [-0.1, -0.05) is 0 Å². The van der Waals surface area contributed by atoms with Crippen LogP contribution < -0.4 is 10.2 Å². The minimum Gasteiger partial charge on any atom is -0.427 e. The highest BCUT2D eigenvalue weighted by Crippen LogP contribution is 2.28. The highest BCUT2D eigenvalue weighted by Gasteiger charge is 2.36. The Hall–Kier alpha value is -1.35. The molecular formula is C13H16BF5O3. The third-order valence-electron chi connectivity index (χ3n) is 3.35. The van der Waals surface area contributed by atoms with E-state index in [2.05, 4.69) is 4.74 Å². The van der Waals surface area contributed by atoms with Crippen molar-refractivity contribution in [3.63, 3.8) is 0 Å². The van der Waals surface area contributed by atoms with Crippen LogP contribution in [0.2, 0.25) is 0 Å². The number of hydrogen-bond donors (Lipinski definition) is 1. The van der Waals surface area contributed by atoms with Gasteiger partial charge in [-0.2, -0.15) is 0 Å². The molecule has 0 atom stereocenters. The van der Waals surface area contributed by atoms with Crippen LogP contribution in [0.4, 0.5) is 22.0 Å². The van der Waals surface area contributed by atoms with Gasteiger partial charge in [0.1, 0.15) is 0 Å². The number of aliphatic hydroxyl groups is 1. The number of ether oxygens (including phenoxy) is 1. The number of halogens is 5. The molecule has 0 aliphatic carbocycles. The minimum atomic E-state index is -5.19. The van der Waals surface area contributed by atoms with Crippen LogP contribution in [0, 0.1) is 11.6 Å². The number of rotatable bonds is 5.